The monoisotopic (exact) mass is 116 g/mol. The summed E-state index contributed by atoms with van der Waals surface area (Å²) in [5.74, 6) is -1.06. The molecule has 0 radical (unpaired) electrons. The Labute approximate surface area is 46.9 Å². The predicted molar refractivity (Wildman–Crippen MR) is 26.4 cm³/mol. The Balaban J connectivity index is 2.25. The van der Waals surface area contributed by atoms with Gasteiger partial charge in [0.25, 0.3) is 0 Å². The van der Waals surface area contributed by atoms with Crippen molar-refractivity contribution in [1.82, 2.24) is 0 Å². The quantitative estimate of drug-likeness (QED) is 0.500. The molecule has 2 N–H and O–H groups in total. The van der Waals surface area contributed by atoms with Crippen LogP contribution in [0.15, 0.2) is 0 Å². The van der Waals surface area contributed by atoms with Gasteiger partial charge in [0.05, 0.1) is 12.0 Å². The van der Waals surface area contributed by atoms with Crippen LogP contribution in [0.25, 0.3) is 0 Å². The molecule has 0 aromatic carbocycles. The van der Waals surface area contributed by atoms with Crippen molar-refractivity contribution < 1.29 is 15.0 Å². The van der Waals surface area contributed by atoms with Crippen molar-refractivity contribution in [3.8, 4) is 0 Å². The Morgan fingerprint density at radius 3 is 2.12 bits per heavy atom. The van der Waals surface area contributed by atoms with Crippen LogP contribution in [-0.2, 0) is 4.79 Å². The Morgan fingerprint density at radius 1 is 1.50 bits per heavy atom. The zero-order valence-corrected chi connectivity index (χ0v) is 4.37. The Kier molecular flexibility index (Phi) is 1.21. The van der Waals surface area contributed by atoms with Crippen LogP contribution in [0.1, 0.15) is 12.8 Å². The van der Waals surface area contributed by atoms with E-state index >= 15 is 0 Å². The molecule has 1 aliphatic carbocycles. The van der Waals surface area contributed by atoms with E-state index in [0.29, 0.717) is 12.8 Å². The molecule has 3 nitrogen and oxygen atoms in total. The second-order valence-corrected chi connectivity index (χ2v) is 2.16. The Morgan fingerprint density at radius 2 is 2.00 bits per heavy atom. The van der Waals surface area contributed by atoms with Crippen LogP contribution in [0.3, 0.4) is 0 Å². The molecular formula is C5H8O3. The maximum absolute atomic E-state index is 10.0. The van der Waals surface area contributed by atoms with Crippen LogP contribution in [0.5, 0.6) is 0 Å². The average molecular weight is 116 g/mol. The topological polar surface area (TPSA) is 57.5 Å². The molecule has 0 aliphatic heterocycles. The smallest absolute Gasteiger partial charge is 0.306 e. The minimum Gasteiger partial charge on any atom is -0.481 e. The van der Waals surface area contributed by atoms with E-state index in [0.717, 1.165) is 0 Å². The van der Waals surface area contributed by atoms with E-state index in [9.17, 15) is 4.79 Å². The largest absolute Gasteiger partial charge is 0.481 e. The van der Waals surface area contributed by atoms with E-state index in [2.05, 4.69) is 0 Å². The minimum atomic E-state index is -0.782. The van der Waals surface area contributed by atoms with Crippen LogP contribution >= 0.6 is 0 Å². The molecule has 0 aromatic heterocycles. The fourth-order valence-electron chi connectivity index (χ4n) is 0.789. The minimum absolute atomic E-state index is 0.273. The van der Waals surface area contributed by atoms with Gasteiger partial charge in [0.15, 0.2) is 0 Å². The van der Waals surface area contributed by atoms with Gasteiger partial charge in [0.1, 0.15) is 0 Å². The molecule has 1 fully saturated rings. The lowest BCUT2D eigenvalue weighted by Crippen LogP contribution is -2.33. The third-order valence-electron chi connectivity index (χ3n) is 1.46. The van der Waals surface area contributed by atoms with Gasteiger partial charge in [0.2, 0.25) is 0 Å². The molecule has 0 aromatic rings. The van der Waals surface area contributed by atoms with E-state index < -0.39 is 5.97 Å². The normalized spacial score (nSPS) is 36.1. The number of aliphatic hydroxyl groups is 1. The Hall–Kier alpha value is -0.570. The molecule has 1 rings (SSSR count). The second kappa shape index (κ2) is 1.74. The van der Waals surface area contributed by atoms with Crippen LogP contribution in [0.2, 0.25) is 0 Å². The van der Waals surface area contributed by atoms with E-state index in [4.69, 9.17) is 10.2 Å². The van der Waals surface area contributed by atoms with Crippen LogP contribution in [-0.4, -0.2) is 22.3 Å². The first-order valence-corrected chi connectivity index (χ1v) is 2.61. The lowest BCUT2D eigenvalue weighted by Gasteiger charge is -2.27. The number of carboxylic acids is 1. The molecule has 0 saturated heterocycles. The first kappa shape index (κ1) is 5.56. The number of hydrogen-bond acceptors (Lipinski definition) is 2. The summed E-state index contributed by atoms with van der Waals surface area (Å²) in [5, 5.41) is 16.8. The SMILES string of the molecule is O=C(O)[C@H]1C[C@H](O)C1. The summed E-state index contributed by atoms with van der Waals surface area (Å²) >= 11 is 0. The van der Waals surface area contributed by atoms with Gasteiger partial charge in [-0.3, -0.25) is 4.79 Å². The fraction of sp³-hybridized carbons (Fsp3) is 0.800. The molecule has 0 unspecified atom stereocenters. The second-order valence-electron chi connectivity index (χ2n) is 2.16. The van der Waals surface area contributed by atoms with Crippen molar-refractivity contribution in [3.63, 3.8) is 0 Å². The molecule has 0 heterocycles. The summed E-state index contributed by atoms with van der Waals surface area (Å²) in [5.41, 5.74) is 0. The molecule has 8 heavy (non-hydrogen) atoms. The van der Waals surface area contributed by atoms with E-state index in [1.165, 1.54) is 0 Å². The molecule has 0 bridgehead atoms. The van der Waals surface area contributed by atoms with Crippen LogP contribution in [0.4, 0.5) is 0 Å². The summed E-state index contributed by atoms with van der Waals surface area (Å²) < 4.78 is 0. The van der Waals surface area contributed by atoms with Gasteiger partial charge in [-0.1, -0.05) is 0 Å². The zero-order chi connectivity index (χ0) is 6.15. The number of rotatable bonds is 1. The maximum Gasteiger partial charge on any atom is 0.306 e. The fourth-order valence-corrected chi connectivity index (χ4v) is 0.789. The van der Waals surface area contributed by atoms with Crippen molar-refractivity contribution >= 4 is 5.97 Å². The van der Waals surface area contributed by atoms with Crippen molar-refractivity contribution in [2.45, 2.75) is 18.9 Å². The number of carbonyl (C=O) groups is 1. The van der Waals surface area contributed by atoms with Gasteiger partial charge < -0.3 is 10.2 Å². The Bertz CT molecular complexity index is 104. The summed E-state index contributed by atoms with van der Waals surface area (Å²) in [6.07, 6.45) is 0.529. The molecule has 3 heteroatoms. The molecule has 46 valence electrons. The molecular weight excluding hydrogens is 108 g/mol. The predicted octanol–water partition coefficient (Wildman–Crippen LogP) is -0.158. The van der Waals surface area contributed by atoms with Crippen LogP contribution in [0, 0.1) is 5.92 Å². The van der Waals surface area contributed by atoms with Gasteiger partial charge in [-0.2, -0.15) is 0 Å². The number of aliphatic carboxylic acids is 1. The number of carboxylic acid groups (broad SMARTS) is 1. The van der Waals surface area contributed by atoms with Crippen molar-refractivity contribution in [1.29, 1.82) is 0 Å². The number of hydrogen-bond donors (Lipinski definition) is 2. The van der Waals surface area contributed by atoms with Gasteiger partial charge >= 0.3 is 5.97 Å². The van der Waals surface area contributed by atoms with E-state index in [1.807, 2.05) is 0 Å². The number of aliphatic hydroxyl groups excluding tert-OH is 1. The molecule has 0 spiro atoms. The first-order valence-electron chi connectivity index (χ1n) is 2.61. The highest BCUT2D eigenvalue weighted by atomic mass is 16.4. The highest BCUT2D eigenvalue weighted by Gasteiger charge is 2.32. The lowest BCUT2D eigenvalue weighted by atomic mass is 9.83. The molecule has 0 amide bonds. The van der Waals surface area contributed by atoms with Gasteiger partial charge in [-0.25, -0.2) is 0 Å². The van der Waals surface area contributed by atoms with E-state index in [1.54, 1.807) is 0 Å². The van der Waals surface area contributed by atoms with Crippen molar-refractivity contribution in [2.75, 3.05) is 0 Å². The van der Waals surface area contributed by atoms with Gasteiger partial charge in [0, 0.05) is 0 Å². The molecule has 1 saturated carbocycles. The van der Waals surface area contributed by atoms with Crippen molar-refractivity contribution in [2.24, 2.45) is 5.92 Å². The van der Waals surface area contributed by atoms with Crippen molar-refractivity contribution in [3.05, 3.63) is 0 Å². The van der Waals surface area contributed by atoms with Gasteiger partial charge in [-0.15, -0.1) is 0 Å². The standard InChI is InChI=1S/C5H8O3/c6-4-1-3(2-4)5(7)8/h3-4,6H,1-2H2,(H,7,8)/t3-,4-. The molecule has 1 aliphatic rings. The molecule has 0 atom stereocenters. The summed E-state index contributed by atoms with van der Waals surface area (Å²) in [4.78, 5) is 10.0. The summed E-state index contributed by atoms with van der Waals surface area (Å²) in [7, 11) is 0. The zero-order valence-electron chi connectivity index (χ0n) is 4.37. The average Bonchev–Trinajstić information content (AvgIpc) is 1.57. The lowest BCUT2D eigenvalue weighted by molar-refractivity contribution is -0.148. The summed E-state index contributed by atoms with van der Waals surface area (Å²) in [6, 6.07) is 0. The maximum atomic E-state index is 10.0. The van der Waals surface area contributed by atoms with Gasteiger partial charge in [-0.05, 0) is 12.8 Å². The third kappa shape index (κ3) is 0.816. The highest BCUT2D eigenvalue weighted by molar-refractivity contribution is 5.71. The summed E-state index contributed by atoms with van der Waals surface area (Å²) in [6.45, 7) is 0. The first-order chi connectivity index (χ1) is 3.70. The van der Waals surface area contributed by atoms with Crippen LogP contribution < -0.4 is 0 Å². The third-order valence-corrected chi connectivity index (χ3v) is 1.46. The highest BCUT2D eigenvalue weighted by Crippen LogP contribution is 2.26. The van der Waals surface area contributed by atoms with E-state index in [-0.39, 0.29) is 12.0 Å².